The van der Waals surface area contributed by atoms with Crippen LogP contribution in [0.2, 0.25) is 0 Å². The number of hydrogen-bond acceptors (Lipinski definition) is 1. The van der Waals surface area contributed by atoms with Crippen LogP contribution in [-0.2, 0) is 0 Å². The summed E-state index contributed by atoms with van der Waals surface area (Å²) in [7, 11) is 0. The molecular weight excluding hydrogens is 146 g/mol. The molecular formula is C11H19N. The Kier molecular flexibility index (Phi) is 1.68. The summed E-state index contributed by atoms with van der Waals surface area (Å²) >= 11 is 0. The minimum Gasteiger partial charge on any atom is -0.297 e. The Morgan fingerprint density at radius 3 is 2.92 bits per heavy atom. The van der Waals surface area contributed by atoms with Gasteiger partial charge in [0.05, 0.1) is 0 Å². The highest BCUT2D eigenvalue weighted by atomic mass is 15.2. The topological polar surface area (TPSA) is 3.24 Å². The summed E-state index contributed by atoms with van der Waals surface area (Å²) in [6.07, 6.45) is 10.6. The Morgan fingerprint density at radius 2 is 1.92 bits per heavy atom. The summed E-state index contributed by atoms with van der Waals surface area (Å²) in [5, 5.41) is 0. The Balaban J connectivity index is 1.81. The fraction of sp³-hybridized carbons (Fsp3) is 1.00. The lowest BCUT2D eigenvalue weighted by atomic mass is 9.95. The smallest absolute Gasteiger partial charge is 0.0127 e. The van der Waals surface area contributed by atoms with Crippen LogP contribution >= 0.6 is 0 Å². The fourth-order valence-electron chi connectivity index (χ4n) is 3.76. The van der Waals surface area contributed by atoms with E-state index in [2.05, 4.69) is 4.90 Å². The number of hydrogen-bond donors (Lipinski definition) is 0. The molecule has 1 saturated carbocycles. The molecule has 3 rings (SSSR count). The van der Waals surface area contributed by atoms with Crippen molar-refractivity contribution in [2.75, 3.05) is 6.54 Å². The van der Waals surface area contributed by atoms with Crippen LogP contribution in [0, 0.1) is 5.92 Å². The minimum absolute atomic E-state index is 1.01. The third-order valence-corrected chi connectivity index (χ3v) is 4.30. The van der Waals surface area contributed by atoms with Gasteiger partial charge in [0.2, 0.25) is 0 Å². The molecule has 0 aromatic carbocycles. The highest BCUT2D eigenvalue weighted by Gasteiger charge is 2.45. The zero-order chi connectivity index (χ0) is 7.97. The lowest BCUT2D eigenvalue weighted by Crippen LogP contribution is -2.40. The standard InChI is InChI=1S/C11H19N/c1-2-4-11-9-5-6-10(8-9)12(11)7-3-1/h9-11H,1-8H2. The second-order valence-corrected chi connectivity index (χ2v) is 4.88. The molecule has 0 N–H and O–H groups in total. The van der Waals surface area contributed by atoms with Crippen LogP contribution < -0.4 is 0 Å². The van der Waals surface area contributed by atoms with Crippen molar-refractivity contribution in [3.63, 3.8) is 0 Å². The average molecular weight is 165 g/mol. The van der Waals surface area contributed by atoms with Gasteiger partial charge in [-0.1, -0.05) is 12.8 Å². The van der Waals surface area contributed by atoms with Gasteiger partial charge in [0.25, 0.3) is 0 Å². The van der Waals surface area contributed by atoms with Gasteiger partial charge in [-0.3, -0.25) is 4.90 Å². The molecule has 68 valence electrons. The zero-order valence-corrected chi connectivity index (χ0v) is 7.84. The Labute approximate surface area is 75.1 Å². The maximum atomic E-state index is 2.85. The van der Waals surface area contributed by atoms with Gasteiger partial charge in [-0.25, -0.2) is 0 Å². The van der Waals surface area contributed by atoms with Crippen LogP contribution in [0.1, 0.15) is 44.9 Å². The first-order chi connectivity index (χ1) is 5.95. The van der Waals surface area contributed by atoms with E-state index in [9.17, 15) is 0 Å². The molecule has 0 aromatic heterocycles. The van der Waals surface area contributed by atoms with Crippen molar-refractivity contribution in [2.45, 2.75) is 57.0 Å². The van der Waals surface area contributed by atoms with Crippen LogP contribution in [0.5, 0.6) is 0 Å². The molecule has 12 heavy (non-hydrogen) atoms. The summed E-state index contributed by atoms with van der Waals surface area (Å²) in [5.74, 6) is 1.10. The zero-order valence-electron chi connectivity index (χ0n) is 7.84. The molecule has 1 aliphatic carbocycles. The van der Waals surface area contributed by atoms with Gasteiger partial charge in [-0.05, 0) is 44.6 Å². The second kappa shape index (κ2) is 2.73. The maximum absolute atomic E-state index is 2.85. The predicted molar refractivity (Wildman–Crippen MR) is 50.1 cm³/mol. The molecule has 3 atom stereocenters. The van der Waals surface area contributed by atoms with Crippen LogP contribution in [-0.4, -0.2) is 23.5 Å². The van der Waals surface area contributed by atoms with Gasteiger partial charge in [-0.15, -0.1) is 0 Å². The molecule has 0 amide bonds. The Hall–Kier alpha value is -0.0400. The van der Waals surface area contributed by atoms with Gasteiger partial charge >= 0.3 is 0 Å². The van der Waals surface area contributed by atoms with E-state index in [-0.39, 0.29) is 0 Å². The van der Waals surface area contributed by atoms with E-state index >= 15 is 0 Å². The number of piperidine rings is 1. The summed E-state index contributed by atoms with van der Waals surface area (Å²) in [4.78, 5) is 2.85. The molecule has 0 radical (unpaired) electrons. The number of nitrogens with zero attached hydrogens (tertiary/aromatic N) is 1. The number of rotatable bonds is 0. The van der Waals surface area contributed by atoms with Crippen molar-refractivity contribution in [3.05, 3.63) is 0 Å². The first kappa shape index (κ1) is 7.37. The maximum Gasteiger partial charge on any atom is 0.0127 e. The molecule has 2 bridgehead atoms. The predicted octanol–water partition coefficient (Wildman–Crippen LogP) is 2.41. The molecule has 1 heteroatoms. The van der Waals surface area contributed by atoms with Gasteiger partial charge in [-0.2, -0.15) is 0 Å². The third-order valence-electron chi connectivity index (χ3n) is 4.30. The summed E-state index contributed by atoms with van der Waals surface area (Å²) in [6, 6.07) is 2.03. The first-order valence-electron chi connectivity index (χ1n) is 5.71. The van der Waals surface area contributed by atoms with Crippen molar-refractivity contribution < 1.29 is 0 Å². The lowest BCUT2D eigenvalue weighted by Gasteiger charge is -2.33. The molecule has 2 aliphatic heterocycles. The lowest BCUT2D eigenvalue weighted by molar-refractivity contribution is 0.142. The van der Waals surface area contributed by atoms with E-state index in [4.69, 9.17) is 0 Å². The van der Waals surface area contributed by atoms with Crippen molar-refractivity contribution in [1.29, 1.82) is 0 Å². The fourth-order valence-corrected chi connectivity index (χ4v) is 3.76. The van der Waals surface area contributed by atoms with Gasteiger partial charge in [0.15, 0.2) is 0 Å². The van der Waals surface area contributed by atoms with Crippen molar-refractivity contribution in [1.82, 2.24) is 4.90 Å². The van der Waals surface area contributed by atoms with E-state index in [1.54, 1.807) is 12.8 Å². The van der Waals surface area contributed by atoms with E-state index in [0.717, 1.165) is 18.0 Å². The van der Waals surface area contributed by atoms with Gasteiger partial charge in [0.1, 0.15) is 0 Å². The summed E-state index contributed by atoms with van der Waals surface area (Å²) in [6.45, 7) is 1.42. The molecule has 3 fully saturated rings. The minimum atomic E-state index is 1.01. The van der Waals surface area contributed by atoms with Crippen molar-refractivity contribution in [2.24, 2.45) is 5.92 Å². The summed E-state index contributed by atoms with van der Waals surface area (Å²) in [5.41, 5.74) is 0. The van der Waals surface area contributed by atoms with E-state index < -0.39 is 0 Å². The normalized spacial score (nSPS) is 47.5. The third kappa shape index (κ3) is 0.953. The van der Waals surface area contributed by atoms with Crippen LogP contribution in [0.4, 0.5) is 0 Å². The summed E-state index contributed by atoms with van der Waals surface area (Å²) < 4.78 is 0. The Morgan fingerprint density at radius 1 is 0.917 bits per heavy atom. The van der Waals surface area contributed by atoms with E-state index in [1.165, 1.54) is 38.6 Å². The second-order valence-electron chi connectivity index (χ2n) is 4.88. The average Bonchev–Trinajstić information content (AvgIpc) is 2.58. The molecule has 2 heterocycles. The molecule has 0 spiro atoms. The molecule has 3 unspecified atom stereocenters. The SMILES string of the molecule is C1CCC2C3CCC(C3)N2CC1. The molecule has 2 saturated heterocycles. The molecule has 1 nitrogen and oxygen atoms in total. The van der Waals surface area contributed by atoms with Crippen molar-refractivity contribution in [3.8, 4) is 0 Å². The van der Waals surface area contributed by atoms with Crippen LogP contribution in [0.15, 0.2) is 0 Å². The number of fused-ring (bicyclic) bond motifs is 5. The quantitative estimate of drug-likeness (QED) is 0.533. The van der Waals surface area contributed by atoms with Crippen molar-refractivity contribution >= 4 is 0 Å². The molecule has 3 aliphatic rings. The largest absolute Gasteiger partial charge is 0.297 e. The highest BCUT2D eigenvalue weighted by molar-refractivity contribution is 4.99. The monoisotopic (exact) mass is 165 g/mol. The van der Waals surface area contributed by atoms with Crippen LogP contribution in [0.25, 0.3) is 0 Å². The molecule has 0 aromatic rings. The van der Waals surface area contributed by atoms with E-state index in [0.29, 0.717) is 0 Å². The van der Waals surface area contributed by atoms with Gasteiger partial charge < -0.3 is 0 Å². The first-order valence-corrected chi connectivity index (χ1v) is 5.71. The Bertz CT molecular complexity index is 160. The van der Waals surface area contributed by atoms with Gasteiger partial charge in [0, 0.05) is 12.1 Å². The highest BCUT2D eigenvalue weighted by Crippen LogP contribution is 2.45. The van der Waals surface area contributed by atoms with E-state index in [1.807, 2.05) is 0 Å². The van der Waals surface area contributed by atoms with Crippen LogP contribution in [0.3, 0.4) is 0 Å².